The summed E-state index contributed by atoms with van der Waals surface area (Å²) >= 11 is 11.6. The van der Waals surface area contributed by atoms with Crippen LogP contribution in [0.3, 0.4) is 0 Å². The number of hydrogen-bond donors (Lipinski definition) is 2. The lowest BCUT2D eigenvalue weighted by Gasteiger charge is -2.29. The number of halogens is 1. The van der Waals surface area contributed by atoms with Gasteiger partial charge >= 0.3 is 0 Å². The van der Waals surface area contributed by atoms with Gasteiger partial charge in [0, 0.05) is 16.8 Å². The molecule has 0 fully saturated rings. The first-order valence-corrected chi connectivity index (χ1v) is 12.0. The second-order valence-corrected chi connectivity index (χ2v) is 10.3. The van der Waals surface area contributed by atoms with Crippen LogP contribution in [0.15, 0.2) is 84.9 Å². The van der Waals surface area contributed by atoms with E-state index in [0.717, 1.165) is 11.8 Å². The zero-order chi connectivity index (χ0) is 20.6. The third-order valence-corrected chi connectivity index (χ3v) is 7.81. The Balaban J connectivity index is 1.76. The Morgan fingerprint density at radius 2 is 1.38 bits per heavy atom. The fraction of sp³-hybridized carbons (Fsp3) is 0.208. The van der Waals surface area contributed by atoms with Gasteiger partial charge < -0.3 is 10.6 Å². The van der Waals surface area contributed by atoms with Gasteiger partial charge in [-0.2, -0.15) is 0 Å². The van der Waals surface area contributed by atoms with Gasteiger partial charge in [0.05, 0.1) is 0 Å². The van der Waals surface area contributed by atoms with Crippen molar-refractivity contribution in [1.29, 1.82) is 0 Å². The first-order valence-electron chi connectivity index (χ1n) is 9.73. The summed E-state index contributed by atoms with van der Waals surface area (Å²) in [5.41, 5.74) is 0.933. The van der Waals surface area contributed by atoms with Crippen LogP contribution >= 0.6 is 31.7 Å². The molecular formula is C24H26ClN2PS. The molecule has 2 N–H and O–H groups in total. The standard InChI is InChI=1S/C24H26ClN2PS/c1-18(2)23(27-24(29)26-20-15-13-19(25)14-16-20)17-28(21-9-5-3-6-10-21)22-11-7-4-8-12-22/h3-16,18,23H,17H2,1-2H3,(H2,26,27,29)/t23-/m1/s1. The first-order chi connectivity index (χ1) is 14.0. The van der Waals surface area contributed by atoms with E-state index in [4.69, 9.17) is 23.8 Å². The van der Waals surface area contributed by atoms with Crippen LogP contribution in [-0.4, -0.2) is 17.3 Å². The second-order valence-electron chi connectivity index (χ2n) is 7.24. The smallest absolute Gasteiger partial charge is 0.171 e. The fourth-order valence-corrected chi connectivity index (χ4v) is 6.15. The van der Waals surface area contributed by atoms with Crippen molar-refractivity contribution in [2.45, 2.75) is 19.9 Å². The Bertz CT molecular complexity index is 862. The Labute approximate surface area is 185 Å². The molecule has 0 unspecified atom stereocenters. The fourth-order valence-electron chi connectivity index (χ4n) is 3.06. The van der Waals surface area contributed by atoms with E-state index in [1.54, 1.807) is 0 Å². The van der Waals surface area contributed by atoms with Crippen molar-refractivity contribution in [3.63, 3.8) is 0 Å². The first kappa shape index (κ1) is 21.8. The average Bonchev–Trinajstić information content (AvgIpc) is 2.74. The minimum atomic E-state index is -0.484. The Morgan fingerprint density at radius 1 is 0.862 bits per heavy atom. The summed E-state index contributed by atoms with van der Waals surface area (Å²) in [5, 5.41) is 11.0. The quantitative estimate of drug-likeness (QED) is 0.359. The molecule has 0 aliphatic heterocycles. The lowest BCUT2D eigenvalue weighted by atomic mass is 10.1. The van der Waals surface area contributed by atoms with Crippen LogP contribution in [0.4, 0.5) is 5.69 Å². The largest absolute Gasteiger partial charge is 0.359 e. The third kappa shape index (κ3) is 6.54. The predicted octanol–water partition coefficient (Wildman–Crippen LogP) is 5.78. The lowest BCUT2D eigenvalue weighted by Crippen LogP contribution is -2.44. The molecule has 0 aromatic heterocycles. The Hall–Kier alpha value is -1.93. The van der Waals surface area contributed by atoms with Gasteiger partial charge in [0.15, 0.2) is 5.11 Å². The van der Waals surface area contributed by atoms with E-state index in [1.165, 1.54) is 10.6 Å². The summed E-state index contributed by atoms with van der Waals surface area (Å²) < 4.78 is 0. The third-order valence-electron chi connectivity index (χ3n) is 4.74. The van der Waals surface area contributed by atoms with Crippen molar-refractivity contribution in [2.24, 2.45) is 5.92 Å². The summed E-state index contributed by atoms with van der Waals surface area (Å²) in [5.74, 6) is 0.442. The van der Waals surface area contributed by atoms with Crippen LogP contribution < -0.4 is 21.2 Å². The normalized spacial score (nSPS) is 12.0. The summed E-state index contributed by atoms with van der Waals surface area (Å²) in [6.07, 6.45) is 1.02. The van der Waals surface area contributed by atoms with Crippen molar-refractivity contribution >= 4 is 53.1 Å². The molecule has 3 aromatic carbocycles. The van der Waals surface area contributed by atoms with Crippen molar-refractivity contribution < 1.29 is 0 Å². The molecule has 3 aromatic rings. The zero-order valence-electron chi connectivity index (χ0n) is 16.7. The van der Waals surface area contributed by atoms with Crippen molar-refractivity contribution in [2.75, 3.05) is 11.5 Å². The maximum Gasteiger partial charge on any atom is 0.171 e. The molecule has 5 heteroatoms. The Kier molecular flexibility index (Phi) is 8.06. The molecule has 1 atom stereocenters. The minimum absolute atomic E-state index is 0.258. The maximum absolute atomic E-state index is 5.97. The molecule has 0 aliphatic carbocycles. The van der Waals surface area contributed by atoms with E-state index in [1.807, 2.05) is 24.3 Å². The number of hydrogen-bond acceptors (Lipinski definition) is 1. The molecule has 3 rings (SSSR count). The Morgan fingerprint density at radius 3 is 1.86 bits per heavy atom. The maximum atomic E-state index is 5.97. The highest BCUT2D eigenvalue weighted by molar-refractivity contribution is 7.80. The van der Waals surface area contributed by atoms with Gasteiger partial charge in [-0.15, -0.1) is 0 Å². The predicted molar refractivity (Wildman–Crippen MR) is 133 cm³/mol. The van der Waals surface area contributed by atoms with Crippen LogP contribution in [0.5, 0.6) is 0 Å². The number of thiocarbonyl (C=S) groups is 1. The molecule has 0 radical (unpaired) electrons. The van der Waals surface area contributed by atoms with Gasteiger partial charge in [-0.3, -0.25) is 0 Å². The second kappa shape index (κ2) is 10.7. The highest BCUT2D eigenvalue weighted by Gasteiger charge is 2.22. The molecule has 0 heterocycles. The molecule has 0 spiro atoms. The van der Waals surface area contributed by atoms with Gasteiger partial charge in [-0.05, 0) is 67.1 Å². The molecule has 0 saturated carbocycles. The van der Waals surface area contributed by atoms with Gasteiger partial charge in [0.25, 0.3) is 0 Å². The highest BCUT2D eigenvalue weighted by Crippen LogP contribution is 2.35. The molecule has 0 amide bonds. The molecule has 2 nitrogen and oxygen atoms in total. The summed E-state index contributed by atoms with van der Waals surface area (Å²) in [4.78, 5) is 0. The van der Waals surface area contributed by atoms with Crippen LogP contribution in [0.1, 0.15) is 13.8 Å². The van der Waals surface area contributed by atoms with Gasteiger partial charge in [0.1, 0.15) is 0 Å². The molecule has 0 aliphatic rings. The van der Waals surface area contributed by atoms with E-state index in [-0.39, 0.29) is 6.04 Å². The molecular weight excluding hydrogens is 415 g/mol. The monoisotopic (exact) mass is 440 g/mol. The van der Waals surface area contributed by atoms with Crippen LogP contribution in [0, 0.1) is 5.92 Å². The topological polar surface area (TPSA) is 24.1 Å². The van der Waals surface area contributed by atoms with Crippen molar-refractivity contribution in [3.05, 3.63) is 90.0 Å². The van der Waals surface area contributed by atoms with E-state index >= 15 is 0 Å². The SMILES string of the molecule is CC(C)[C@@H](CP(c1ccccc1)c1ccccc1)NC(=S)Nc1ccc(Cl)cc1. The van der Waals surface area contributed by atoms with Gasteiger partial charge in [-0.25, -0.2) is 0 Å². The number of anilines is 1. The number of nitrogens with one attached hydrogen (secondary N) is 2. The lowest BCUT2D eigenvalue weighted by molar-refractivity contribution is 0.494. The van der Waals surface area contributed by atoms with E-state index in [0.29, 0.717) is 16.1 Å². The molecule has 150 valence electrons. The molecule has 29 heavy (non-hydrogen) atoms. The summed E-state index contributed by atoms with van der Waals surface area (Å²) in [6, 6.07) is 29.4. The van der Waals surface area contributed by atoms with E-state index in [9.17, 15) is 0 Å². The van der Waals surface area contributed by atoms with E-state index < -0.39 is 7.92 Å². The average molecular weight is 441 g/mol. The van der Waals surface area contributed by atoms with Crippen LogP contribution in [0.25, 0.3) is 0 Å². The van der Waals surface area contributed by atoms with Crippen molar-refractivity contribution in [1.82, 2.24) is 5.32 Å². The zero-order valence-corrected chi connectivity index (χ0v) is 19.1. The molecule has 0 saturated heterocycles. The summed E-state index contributed by atoms with van der Waals surface area (Å²) in [7, 11) is -0.484. The number of benzene rings is 3. The van der Waals surface area contributed by atoms with Gasteiger partial charge in [-0.1, -0.05) is 86.1 Å². The van der Waals surface area contributed by atoms with Crippen LogP contribution in [0.2, 0.25) is 5.02 Å². The van der Waals surface area contributed by atoms with Crippen molar-refractivity contribution in [3.8, 4) is 0 Å². The highest BCUT2D eigenvalue weighted by atomic mass is 35.5. The van der Waals surface area contributed by atoms with Crippen LogP contribution in [-0.2, 0) is 0 Å². The van der Waals surface area contributed by atoms with E-state index in [2.05, 4.69) is 85.1 Å². The number of rotatable bonds is 7. The molecule has 0 bridgehead atoms. The summed E-state index contributed by atoms with van der Waals surface area (Å²) in [6.45, 7) is 4.48. The minimum Gasteiger partial charge on any atom is -0.359 e. The van der Waals surface area contributed by atoms with Gasteiger partial charge in [0.2, 0.25) is 0 Å².